The molecule has 1 aliphatic heterocycles. The van der Waals surface area contributed by atoms with Crippen LogP contribution in [0.1, 0.15) is 24.1 Å². The number of nitrogens with zero attached hydrogens (tertiary/aromatic N) is 1. The molecule has 1 fully saturated rings. The Bertz CT molecular complexity index is 597. The summed E-state index contributed by atoms with van der Waals surface area (Å²) in [5.74, 6) is 0.932. The lowest BCUT2D eigenvalue weighted by molar-refractivity contribution is 0.194. The van der Waals surface area contributed by atoms with Crippen LogP contribution in [-0.4, -0.2) is 37.7 Å². The summed E-state index contributed by atoms with van der Waals surface area (Å²) in [4.78, 5) is 2.51. The molecule has 1 aromatic heterocycles. The second kappa shape index (κ2) is 7.47. The third kappa shape index (κ3) is 3.46. The van der Waals surface area contributed by atoms with E-state index in [0.717, 1.165) is 42.5 Å². The molecule has 0 aliphatic carbocycles. The van der Waals surface area contributed by atoms with Crippen LogP contribution in [-0.2, 0) is 0 Å². The van der Waals surface area contributed by atoms with Crippen LogP contribution in [0.2, 0.25) is 5.02 Å². The highest BCUT2D eigenvalue weighted by molar-refractivity contribution is 7.08. The average Bonchev–Trinajstić information content (AvgIpc) is 3.05. The topological polar surface area (TPSA) is 24.5 Å². The molecule has 0 saturated carbocycles. The zero-order valence-corrected chi connectivity index (χ0v) is 14.3. The van der Waals surface area contributed by atoms with Crippen molar-refractivity contribution in [3.8, 4) is 5.75 Å². The first-order valence-corrected chi connectivity index (χ1v) is 9.00. The number of piperazine rings is 1. The highest BCUT2D eigenvalue weighted by Crippen LogP contribution is 2.37. The first-order valence-electron chi connectivity index (χ1n) is 7.68. The monoisotopic (exact) mass is 336 g/mol. The van der Waals surface area contributed by atoms with Crippen LogP contribution in [0.5, 0.6) is 5.75 Å². The normalized spacial score (nSPS) is 17.4. The van der Waals surface area contributed by atoms with E-state index >= 15 is 0 Å². The van der Waals surface area contributed by atoms with E-state index in [9.17, 15) is 0 Å². The minimum atomic E-state index is 0.202. The van der Waals surface area contributed by atoms with E-state index in [0.29, 0.717) is 6.61 Å². The van der Waals surface area contributed by atoms with Crippen molar-refractivity contribution in [2.24, 2.45) is 0 Å². The molecule has 1 aliphatic rings. The summed E-state index contributed by atoms with van der Waals surface area (Å²) >= 11 is 8.01. The number of hydrogen-bond acceptors (Lipinski definition) is 4. The van der Waals surface area contributed by atoms with Gasteiger partial charge in [0.2, 0.25) is 0 Å². The van der Waals surface area contributed by atoms with Gasteiger partial charge in [-0.25, -0.2) is 0 Å². The summed E-state index contributed by atoms with van der Waals surface area (Å²) in [5, 5.41) is 8.54. The van der Waals surface area contributed by atoms with Crippen molar-refractivity contribution in [3.05, 3.63) is 51.2 Å². The van der Waals surface area contributed by atoms with Gasteiger partial charge in [0.15, 0.2) is 0 Å². The van der Waals surface area contributed by atoms with Crippen molar-refractivity contribution >= 4 is 22.9 Å². The molecule has 0 spiro atoms. The number of nitrogens with one attached hydrogen (secondary N) is 1. The van der Waals surface area contributed by atoms with Crippen molar-refractivity contribution in [1.29, 1.82) is 0 Å². The maximum Gasteiger partial charge on any atom is 0.124 e. The van der Waals surface area contributed by atoms with Gasteiger partial charge in [0.25, 0.3) is 0 Å². The van der Waals surface area contributed by atoms with Crippen molar-refractivity contribution in [2.75, 3.05) is 32.8 Å². The number of hydrogen-bond donors (Lipinski definition) is 1. The Labute approximate surface area is 140 Å². The molecule has 2 aromatic rings. The highest BCUT2D eigenvalue weighted by atomic mass is 35.5. The largest absolute Gasteiger partial charge is 0.494 e. The maximum absolute atomic E-state index is 6.28. The van der Waals surface area contributed by atoms with Crippen LogP contribution in [0.15, 0.2) is 35.0 Å². The Balaban J connectivity index is 2.03. The van der Waals surface area contributed by atoms with Gasteiger partial charge >= 0.3 is 0 Å². The second-order valence-corrected chi connectivity index (χ2v) is 6.58. The van der Waals surface area contributed by atoms with E-state index in [1.807, 2.05) is 19.1 Å². The minimum absolute atomic E-state index is 0.202. The van der Waals surface area contributed by atoms with Crippen LogP contribution in [0.4, 0.5) is 0 Å². The van der Waals surface area contributed by atoms with E-state index in [1.165, 1.54) is 5.56 Å². The minimum Gasteiger partial charge on any atom is -0.494 e. The summed E-state index contributed by atoms with van der Waals surface area (Å²) in [6.07, 6.45) is 0. The third-order valence-electron chi connectivity index (χ3n) is 3.94. The summed E-state index contributed by atoms with van der Waals surface area (Å²) in [6.45, 7) is 6.77. The van der Waals surface area contributed by atoms with E-state index in [-0.39, 0.29) is 6.04 Å². The van der Waals surface area contributed by atoms with Crippen molar-refractivity contribution in [3.63, 3.8) is 0 Å². The molecule has 118 valence electrons. The maximum atomic E-state index is 6.28. The molecule has 0 bridgehead atoms. The van der Waals surface area contributed by atoms with E-state index in [2.05, 4.69) is 33.1 Å². The Hall–Kier alpha value is -1.07. The Morgan fingerprint density at radius 2 is 2.14 bits per heavy atom. The molecule has 3 rings (SSSR count). The van der Waals surface area contributed by atoms with Crippen LogP contribution in [0.3, 0.4) is 0 Å². The van der Waals surface area contributed by atoms with Gasteiger partial charge in [-0.1, -0.05) is 11.6 Å². The molecule has 0 radical (unpaired) electrons. The molecular weight excluding hydrogens is 316 g/mol. The highest BCUT2D eigenvalue weighted by Gasteiger charge is 2.27. The molecule has 1 unspecified atom stereocenters. The molecule has 2 heterocycles. The van der Waals surface area contributed by atoms with Crippen LogP contribution in [0, 0.1) is 0 Å². The molecule has 1 saturated heterocycles. The molecule has 1 N–H and O–H groups in total. The lowest BCUT2D eigenvalue weighted by Crippen LogP contribution is -2.45. The first-order chi connectivity index (χ1) is 10.8. The van der Waals surface area contributed by atoms with Crippen molar-refractivity contribution in [2.45, 2.75) is 13.0 Å². The molecule has 5 heteroatoms. The SMILES string of the molecule is CCOc1ccc(Cl)cc1C(c1ccsc1)N1CCNCC1. The number of rotatable bonds is 5. The fourth-order valence-corrected chi connectivity index (χ4v) is 3.84. The number of benzene rings is 1. The van der Waals surface area contributed by atoms with Gasteiger partial charge in [0, 0.05) is 36.8 Å². The molecular formula is C17H21ClN2OS. The van der Waals surface area contributed by atoms with Gasteiger partial charge in [0.05, 0.1) is 12.6 Å². The quantitative estimate of drug-likeness (QED) is 0.899. The predicted octanol–water partition coefficient (Wildman–Crippen LogP) is 3.79. The molecule has 3 nitrogen and oxygen atoms in total. The van der Waals surface area contributed by atoms with E-state index < -0.39 is 0 Å². The Morgan fingerprint density at radius 1 is 1.32 bits per heavy atom. The number of thiophene rings is 1. The third-order valence-corrected chi connectivity index (χ3v) is 4.88. The fourth-order valence-electron chi connectivity index (χ4n) is 2.98. The lowest BCUT2D eigenvalue weighted by Gasteiger charge is -2.35. The smallest absolute Gasteiger partial charge is 0.124 e. The summed E-state index contributed by atoms with van der Waals surface area (Å²) in [5.41, 5.74) is 2.48. The standard InChI is InChI=1S/C17H21ClN2OS/c1-2-21-16-4-3-14(18)11-15(16)17(13-5-10-22-12-13)20-8-6-19-7-9-20/h3-5,10-12,17,19H,2,6-9H2,1H3. The van der Waals surface area contributed by atoms with E-state index in [4.69, 9.17) is 16.3 Å². The van der Waals surface area contributed by atoms with E-state index in [1.54, 1.807) is 11.3 Å². The van der Waals surface area contributed by atoms with Gasteiger partial charge in [0.1, 0.15) is 5.75 Å². The molecule has 22 heavy (non-hydrogen) atoms. The zero-order valence-electron chi connectivity index (χ0n) is 12.7. The van der Waals surface area contributed by atoms with Crippen molar-refractivity contribution in [1.82, 2.24) is 10.2 Å². The van der Waals surface area contributed by atoms with Crippen LogP contribution >= 0.6 is 22.9 Å². The molecule has 1 atom stereocenters. The van der Waals surface area contributed by atoms with Gasteiger partial charge < -0.3 is 10.1 Å². The summed E-state index contributed by atoms with van der Waals surface area (Å²) < 4.78 is 5.86. The predicted molar refractivity (Wildman–Crippen MR) is 93.2 cm³/mol. The number of halogens is 1. The number of ether oxygens (including phenoxy) is 1. The lowest BCUT2D eigenvalue weighted by atomic mass is 9.97. The van der Waals surface area contributed by atoms with Crippen LogP contribution < -0.4 is 10.1 Å². The van der Waals surface area contributed by atoms with Crippen molar-refractivity contribution < 1.29 is 4.74 Å². The zero-order chi connectivity index (χ0) is 15.4. The van der Waals surface area contributed by atoms with Crippen LogP contribution in [0.25, 0.3) is 0 Å². The summed E-state index contributed by atoms with van der Waals surface area (Å²) in [7, 11) is 0. The molecule has 0 amide bonds. The van der Waals surface area contributed by atoms with Gasteiger partial charge in [-0.2, -0.15) is 11.3 Å². The second-order valence-electron chi connectivity index (χ2n) is 5.36. The fraction of sp³-hybridized carbons (Fsp3) is 0.412. The van der Waals surface area contributed by atoms with Gasteiger partial charge in [-0.15, -0.1) is 0 Å². The molecule has 1 aromatic carbocycles. The summed E-state index contributed by atoms with van der Waals surface area (Å²) in [6, 6.07) is 8.35. The van der Waals surface area contributed by atoms with Gasteiger partial charge in [-0.3, -0.25) is 4.90 Å². The first kappa shape index (κ1) is 15.8. The average molecular weight is 337 g/mol. The Morgan fingerprint density at radius 3 is 2.82 bits per heavy atom. The Kier molecular flexibility index (Phi) is 5.37. The van der Waals surface area contributed by atoms with Gasteiger partial charge in [-0.05, 0) is 47.5 Å².